The lowest BCUT2D eigenvalue weighted by Gasteiger charge is -2.22. The van der Waals surface area contributed by atoms with Gasteiger partial charge in [-0.25, -0.2) is 13.1 Å². The van der Waals surface area contributed by atoms with Crippen LogP contribution in [-0.4, -0.2) is 36.2 Å². The van der Waals surface area contributed by atoms with Crippen LogP contribution in [0.2, 0.25) is 0 Å². The van der Waals surface area contributed by atoms with Crippen molar-refractivity contribution in [1.82, 2.24) is 19.7 Å². The highest BCUT2D eigenvalue weighted by Crippen LogP contribution is 2.34. The summed E-state index contributed by atoms with van der Waals surface area (Å²) in [5.41, 5.74) is -0.260. The van der Waals surface area contributed by atoms with E-state index in [1.807, 2.05) is 0 Å². The van der Waals surface area contributed by atoms with Crippen molar-refractivity contribution in [3.05, 3.63) is 36.0 Å². The quantitative estimate of drug-likeness (QED) is 0.845. The smallest absolute Gasteiger partial charge is 0.408 e. The number of rotatable bonds is 6. The lowest BCUT2D eigenvalue weighted by atomic mass is 10.1. The highest BCUT2D eigenvalue weighted by atomic mass is 32.2. The molecule has 0 saturated carbocycles. The normalized spacial score (nSPS) is 13.7. The highest BCUT2D eigenvalue weighted by Gasteiger charge is 2.44. The molecule has 2 aromatic rings. The number of aromatic nitrogens is 3. The molecule has 7 nitrogen and oxygen atoms in total. The van der Waals surface area contributed by atoms with Gasteiger partial charge in [0.15, 0.2) is 5.03 Å². The van der Waals surface area contributed by atoms with Crippen molar-refractivity contribution < 1.29 is 26.3 Å². The molecule has 1 N–H and O–H groups in total. The Bertz CT molecular complexity index is 788. The zero-order valence-electron chi connectivity index (χ0n) is 12.8. The van der Waals surface area contributed by atoms with Gasteiger partial charge in [-0.05, 0) is 24.6 Å². The van der Waals surface area contributed by atoms with Gasteiger partial charge in [0, 0.05) is 7.05 Å². The van der Waals surface area contributed by atoms with Crippen molar-refractivity contribution in [2.75, 3.05) is 6.61 Å². The van der Waals surface area contributed by atoms with Crippen LogP contribution in [-0.2, 0) is 17.1 Å². The Hall–Kier alpha value is -2.14. The Kier molecular flexibility index (Phi) is 5.13. The summed E-state index contributed by atoms with van der Waals surface area (Å²) in [5, 5.41) is 6.30. The van der Waals surface area contributed by atoms with Crippen LogP contribution in [0.4, 0.5) is 13.2 Å². The summed E-state index contributed by atoms with van der Waals surface area (Å²) in [4.78, 5) is 0. The van der Waals surface area contributed by atoms with Gasteiger partial charge < -0.3 is 4.74 Å². The third-order valence-corrected chi connectivity index (χ3v) is 4.54. The molecule has 11 heteroatoms. The van der Waals surface area contributed by atoms with E-state index in [1.54, 1.807) is 11.6 Å². The van der Waals surface area contributed by atoms with E-state index >= 15 is 0 Å². The van der Waals surface area contributed by atoms with Crippen LogP contribution < -0.4 is 9.46 Å². The molecule has 24 heavy (non-hydrogen) atoms. The summed E-state index contributed by atoms with van der Waals surface area (Å²) in [5.74, 6) is 0.390. The molecule has 0 saturated heterocycles. The van der Waals surface area contributed by atoms with Gasteiger partial charge in [0.25, 0.3) is 10.0 Å². The Balaban J connectivity index is 2.35. The summed E-state index contributed by atoms with van der Waals surface area (Å²) in [6.07, 6.45) is -3.96. The zero-order chi connectivity index (χ0) is 18.0. The standard InChI is InChI=1S/C13H15F3N4O3S/c1-3-23-10-6-4-9(5-7-10)12(13(14,15)16)18-24(21,22)11-8-17-19-20(11)2/h4-8,12,18H,3H2,1-2H3/t12-/m0/s1. The number of hydrogen-bond donors (Lipinski definition) is 1. The average Bonchev–Trinajstić information content (AvgIpc) is 2.92. The molecule has 0 aliphatic heterocycles. The Morgan fingerprint density at radius 2 is 1.92 bits per heavy atom. The number of alkyl halides is 3. The first kappa shape index (κ1) is 18.2. The van der Waals surface area contributed by atoms with E-state index in [2.05, 4.69) is 10.3 Å². The van der Waals surface area contributed by atoms with Crippen LogP contribution in [0.15, 0.2) is 35.5 Å². The molecule has 1 aromatic heterocycles. The van der Waals surface area contributed by atoms with Crippen LogP contribution in [0.1, 0.15) is 18.5 Å². The summed E-state index contributed by atoms with van der Waals surface area (Å²) in [7, 11) is -3.20. The molecule has 0 aliphatic rings. The van der Waals surface area contributed by atoms with Gasteiger partial charge in [-0.3, -0.25) is 0 Å². The Morgan fingerprint density at radius 3 is 2.38 bits per heavy atom. The van der Waals surface area contributed by atoms with E-state index in [0.29, 0.717) is 12.4 Å². The van der Waals surface area contributed by atoms with Crippen molar-refractivity contribution in [2.24, 2.45) is 7.05 Å². The van der Waals surface area contributed by atoms with E-state index in [0.717, 1.165) is 23.0 Å². The molecule has 1 heterocycles. The minimum Gasteiger partial charge on any atom is -0.494 e. The SMILES string of the molecule is CCOc1ccc([C@H](NS(=O)(=O)c2cnnn2C)C(F)(F)F)cc1. The van der Waals surface area contributed by atoms with Crippen molar-refractivity contribution >= 4 is 10.0 Å². The predicted molar refractivity (Wildman–Crippen MR) is 77.7 cm³/mol. The zero-order valence-corrected chi connectivity index (χ0v) is 13.6. The highest BCUT2D eigenvalue weighted by molar-refractivity contribution is 7.89. The van der Waals surface area contributed by atoms with Crippen molar-refractivity contribution in [3.63, 3.8) is 0 Å². The first-order chi connectivity index (χ1) is 11.1. The van der Waals surface area contributed by atoms with Crippen molar-refractivity contribution in [2.45, 2.75) is 24.2 Å². The molecule has 0 fully saturated rings. The Morgan fingerprint density at radius 1 is 1.29 bits per heavy atom. The Labute approximate surface area is 136 Å². The first-order valence-electron chi connectivity index (χ1n) is 6.81. The molecular weight excluding hydrogens is 349 g/mol. The van der Waals surface area contributed by atoms with Gasteiger partial charge in [-0.15, -0.1) is 5.10 Å². The molecule has 0 aliphatic carbocycles. The molecule has 2 rings (SSSR count). The number of sulfonamides is 1. The first-order valence-corrected chi connectivity index (χ1v) is 8.30. The van der Waals surface area contributed by atoms with Crippen molar-refractivity contribution in [3.8, 4) is 5.75 Å². The number of ether oxygens (including phenoxy) is 1. The second-order valence-electron chi connectivity index (χ2n) is 4.79. The summed E-state index contributed by atoms with van der Waals surface area (Å²) in [6, 6.07) is 2.60. The topological polar surface area (TPSA) is 86.1 Å². The maximum atomic E-state index is 13.3. The van der Waals surface area contributed by atoms with Crippen LogP contribution in [0.25, 0.3) is 0 Å². The number of halogens is 3. The molecule has 0 spiro atoms. The lowest BCUT2D eigenvalue weighted by molar-refractivity contribution is -0.153. The van der Waals surface area contributed by atoms with Gasteiger partial charge in [0.2, 0.25) is 0 Å². The van der Waals surface area contributed by atoms with Gasteiger partial charge in [-0.1, -0.05) is 17.3 Å². The lowest BCUT2D eigenvalue weighted by Crippen LogP contribution is -2.38. The predicted octanol–water partition coefficient (Wildman–Crippen LogP) is 1.80. The fourth-order valence-corrected chi connectivity index (χ4v) is 3.26. The van der Waals surface area contributed by atoms with E-state index in [-0.39, 0.29) is 5.56 Å². The van der Waals surface area contributed by atoms with Gasteiger partial charge >= 0.3 is 6.18 Å². The monoisotopic (exact) mass is 364 g/mol. The number of hydrogen-bond acceptors (Lipinski definition) is 5. The van der Waals surface area contributed by atoms with E-state index < -0.39 is 27.3 Å². The van der Waals surface area contributed by atoms with Crippen LogP contribution >= 0.6 is 0 Å². The second kappa shape index (κ2) is 6.77. The van der Waals surface area contributed by atoms with Crippen LogP contribution in [0.5, 0.6) is 5.75 Å². The van der Waals surface area contributed by atoms with Crippen LogP contribution in [0.3, 0.4) is 0 Å². The minimum atomic E-state index is -4.83. The molecule has 132 valence electrons. The largest absolute Gasteiger partial charge is 0.494 e. The fourth-order valence-electron chi connectivity index (χ4n) is 1.99. The maximum Gasteiger partial charge on any atom is 0.408 e. The molecule has 0 radical (unpaired) electrons. The molecule has 0 bridgehead atoms. The van der Waals surface area contributed by atoms with E-state index in [1.165, 1.54) is 19.2 Å². The number of aryl methyl sites for hydroxylation is 1. The number of benzene rings is 1. The number of nitrogens with one attached hydrogen (secondary N) is 1. The summed E-state index contributed by atoms with van der Waals surface area (Å²) >= 11 is 0. The summed E-state index contributed by atoms with van der Waals surface area (Å²) in [6.45, 7) is 2.10. The molecule has 1 atom stereocenters. The molecular formula is C13H15F3N4O3S. The average molecular weight is 364 g/mol. The van der Waals surface area contributed by atoms with E-state index in [9.17, 15) is 21.6 Å². The summed E-state index contributed by atoms with van der Waals surface area (Å²) < 4.78 is 72.0. The van der Waals surface area contributed by atoms with Gasteiger partial charge in [-0.2, -0.15) is 17.9 Å². The van der Waals surface area contributed by atoms with Crippen LogP contribution in [0, 0.1) is 0 Å². The van der Waals surface area contributed by atoms with Crippen molar-refractivity contribution in [1.29, 1.82) is 0 Å². The molecule has 0 amide bonds. The second-order valence-corrected chi connectivity index (χ2v) is 6.45. The van der Waals surface area contributed by atoms with E-state index in [4.69, 9.17) is 4.74 Å². The molecule has 0 unspecified atom stereocenters. The minimum absolute atomic E-state index is 0.260. The third kappa shape index (κ3) is 4.03. The fraction of sp³-hybridized carbons (Fsp3) is 0.385. The number of nitrogens with zero attached hydrogens (tertiary/aromatic N) is 3. The molecule has 1 aromatic carbocycles. The third-order valence-electron chi connectivity index (χ3n) is 3.07. The van der Waals surface area contributed by atoms with Gasteiger partial charge in [0.05, 0.1) is 12.8 Å². The van der Waals surface area contributed by atoms with Gasteiger partial charge in [0.1, 0.15) is 11.8 Å². The maximum absolute atomic E-state index is 13.3.